The van der Waals surface area contributed by atoms with Crippen LogP contribution in [0.15, 0.2) is 30.3 Å². The van der Waals surface area contributed by atoms with Gasteiger partial charge in [0.25, 0.3) is 5.91 Å². The highest BCUT2D eigenvalue weighted by Gasteiger charge is 2.20. The van der Waals surface area contributed by atoms with Gasteiger partial charge in [-0.1, -0.05) is 17.7 Å². The van der Waals surface area contributed by atoms with Crippen molar-refractivity contribution in [2.24, 2.45) is 0 Å². The third kappa shape index (κ3) is 4.55. The van der Waals surface area contributed by atoms with Crippen LogP contribution < -0.4 is 5.32 Å². The third-order valence-corrected chi connectivity index (χ3v) is 5.39. The molecule has 0 atom stereocenters. The van der Waals surface area contributed by atoms with Crippen LogP contribution in [0.5, 0.6) is 0 Å². The van der Waals surface area contributed by atoms with Crippen molar-refractivity contribution in [3.05, 3.63) is 64.2 Å². The van der Waals surface area contributed by atoms with Crippen LogP contribution in [0.2, 0.25) is 0 Å². The number of hydrogen-bond acceptors (Lipinski definition) is 4. The van der Waals surface area contributed by atoms with Crippen molar-refractivity contribution >= 4 is 17.6 Å². The van der Waals surface area contributed by atoms with E-state index in [0.717, 1.165) is 28.3 Å². The second kappa shape index (κ2) is 8.79. The quantitative estimate of drug-likeness (QED) is 0.589. The molecule has 3 aromatic rings. The lowest BCUT2D eigenvalue weighted by Crippen LogP contribution is -2.22. The first-order valence-electron chi connectivity index (χ1n) is 10.4. The Bertz CT molecular complexity index is 1120. The highest BCUT2D eigenvalue weighted by atomic mass is 16.5. The van der Waals surface area contributed by atoms with Gasteiger partial charge >= 0.3 is 5.97 Å². The first kappa shape index (κ1) is 22.3. The fraction of sp³-hybridized carbons (Fsp3) is 0.375. The van der Waals surface area contributed by atoms with Gasteiger partial charge in [0.1, 0.15) is 0 Å². The molecule has 0 spiro atoms. The second-order valence-corrected chi connectivity index (χ2v) is 8.17. The molecular formula is C24H30N4O3. The predicted octanol–water partition coefficient (Wildman–Crippen LogP) is 4.59. The number of carbonyl (C=O) groups is 2. The van der Waals surface area contributed by atoms with Gasteiger partial charge in [0.05, 0.1) is 28.3 Å². The van der Waals surface area contributed by atoms with E-state index < -0.39 is 11.9 Å². The number of hydrogen-bond donors (Lipinski definition) is 1. The minimum Gasteiger partial charge on any atom is -0.452 e. The zero-order valence-electron chi connectivity index (χ0n) is 19.2. The Labute approximate surface area is 183 Å². The molecule has 1 N–H and O–H groups in total. The number of esters is 1. The first-order chi connectivity index (χ1) is 14.6. The van der Waals surface area contributed by atoms with Gasteiger partial charge in [0, 0.05) is 17.4 Å². The van der Waals surface area contributed by atoms with Crippen LogP contribution in [-0.2, 0) is 9.53 Å². The lowest BCUT2D eigenvalue weighted by Gasteiger charge is -2.13. The molecule has 1 amide bonds. The molecule has 2 aromatic heterocycles. The van der Waals surface area contributed by atoms with Gasteiger partial charge in [-0.2, -0.15) is 5.10 Å². The summed E-state index contributed by atoms with van der Waals surface area (Å²) < 4.78 is 9.14. The van der Waals surface area contributed by atoms with Gasteiger partial charge in [0.2, 0.25) is 0 Å². The number of nitrogens with one attached hydrogen (secondary N) is 1. The lowest BCUT2D eigenvalue weighted by molar-refractivity contribution is -0.119. The zero-order chi connectivity index (χ0) is 22.9. The summed E-state index contributed by atoms with van der Waals surface area (Å²) in [6.45, 7) is 13.3. The fourth-order valence-electron chi connectivity index (χ4n) is 3.92. The smallest absolute Gasteiger partial charge is 0.340 e. The fourth-order valence-corrected chi connectivity index (χ4v) is 3.92. The van der Waals surface area contributed by atoms with E-state index in [0.29, 0.717) is 16.9 Å². The van der Waals surface area contributed by atoms with Crippen molar-refractivity contribution in [2.45, 2.75) is 54.5 Å². The minimum atomic E-state index is -0.501. The normalized spacial score (nSPS) is 11.1. The summed E-state index contributed by atoms with van der Waals surface area (Å²) >= 11 is 0. The van der Waals surface area contributed by atoms with Gasteiger partial charge in [-0.15, -0.1) is 0 Å². The molecule has 7 nitrogen and oxygen atoms in total. The van der Waals surface area contributed by atoms with Crippen LogP contribution in [0.1, 0.15) is 58.6 Å². The van der Waals surface area contributed by atoms with Crippen molar-refractivity contribution in [2.75, 3.05) is 11.9 Å². The van der Waals surface area contributed by atoms with E-state index in [1.807, 2.05) is 58.9 Å². The molecule has 0 radical (unpaired) electrons. The standard InChI is InChI=1S/C24H30N4O3/c1-14(2)27-16(4)12-21(18(27)6)24(30)31-13-22(29)25-23-17(5)26-28(19(23)7)20-10-8-15(3)9-11-20/h8-12,14H,13H2,1-7H3,(H,25,29). The molecular weight excluding hydrogens is 392 g/mol. The largest absolute Gasteiger partial charge is 0.452 e. The lowest BCUT2D eigenvalue weighted by atomic mass is 10.2. The van der Waals surface area contributed by atoms with Crippen LogP contribution in [0.3, 0.4) is 0 Å². The van der Waals surface area contributed by atoms with Crippen LogP contribution in [0.25, 0.3) is 5.69 Å². The molecule has 0 saturated carbocycles. The van der Waals surface area contributed by atoms with Gasteiger partial charge in [-0.3, -0.25) is 4.79 Å². The summed E-state index contributed by atoms with van der Waals surface area (Å²) in [4.78, 5) is 25.0. The van der Waals surface area contributed by atoms with E-state index in [4.69, 9.17) is 4.74 Å². The van der Waals surface area contributed by atoms with E-state index in [-0.39, 0.29) is 12.6 Å². The number of carbonyl (C=O) groups excluding carboxylic acids is 2. The van der Waals surface area contributed by atoms with Crippen LogP contribution >= 0.6 is 0 Å². The molecule has 164 valence electrons. The van der Waals surface area contributed by atoms with E-state index >= 15 is 0 Å². The molecule has 31 heavy (non-hydrogen) atoms. The summed E-state index contributed by atoms with van der Waals surface area (Å²) in [5.41, 5.74) is 6.51. The van der Waals surface area contributed by atoms with Gasteiger partial charge in [-0.25, -0.2) is 9.48 Å². The second-order valence-electron chi connectivity index (χ2n) is 8.17. The van der Waals surface area contributed by atoms with E-state index in [2.05, 4.69) is 28.8 Å². The molecule has 1 aromatic carbocycles. The Morgan fingerprint density at radius 3 is 2.26 bits per heavy atom. The molecule has 0 aliphatic rings. The Morgan fingerprint density at radius 1 is 1.03 bits per heavy atom. The topological polar surface area (TPSA) is 78.2 Å². The number of rotatable bonds is 6. The average molecular weight is 423 g/mol. The van der Waals surface area contributed by atoms with Gasteiger partial charge in [-0.05, 0) is 66.7 Å². The highest BCUT2D eigenvalue weighted by Crippen LogP contribution is 2.23. The third-order valence-electron chi connectivity index (χ3n) is 5.39. The van der Waals surface area contributed by atoms with Crippen LogP contribution in [-0.4, -0.2) is 32.8 Å². The molecule has 0 unspecified atom stereocenters. The molecule has 0 aliphatic carbocycles. The van der Waals surface area contributed by atoms with Crippen molar-refractivity contribution in [3.63, 3.8) is 0 Å². The van der Waals surface area contributed by atoms with E-state index in [1.54, 1.807) is 10.7 Å². The summed E-state index contributed by atoms with van der Waals surface area (Å²) in [5.74, 6) is -0.903. The number of aromatic nitrogens is 3. The number of aryl methyl sites for hydroxylation is 3. The summed E-state index contributed by atoms with van der Waals surface area (Å²) in [6.07, 6.45) is 0. The minimum absolute atomic E-state index is 0.237. The Balaban J connectivity index is 1.69. The van der Waals surface area contributed by atoms with Crippen molar-refractivity contribution in [3.8, 4) is 5.69 Å². The molecule has 0 bridgehead atoms. The van der Waals surface area contributed by atoms with Crippen LogP contribution in [0.4, 0.5) is 5.69 Å². The number of ether oxygens (including phenoxy) is 1. The summed E-state index contributed by atoms with van der Waals surface area (Å²) in [7, 11) is 0. The molecule has 3 rings (SSSR count). The molecule has 0 saturated heterocycles. The maximum absolute atomic E-state index is 12.5. The number of nitrogens with zero attached hydrogens (tertiary/aromatic N) is 3. The number of amides is 1. The maximum atomic E-state index is 12.5. The van der Waals surface area contributed by atoms with E-state index in [1.165, 1.54) is 0 Å². The number of anilines is 1. The molecule has 7 heteroatoms. The zero-order valence-corrected chi connectivity index (χ0v) is 19.2. The Kier molecular flexibility index (Phi) is 6.34. The Morgan fingerprint density at radius 2 is 1.68 bits per heavy atom. The molecule has 2 heterocycles. The summed E-state index contributed by atoms with van der Waals surface area (Å²) in [5, 5.41) is 7.37. The Hall–Kier alpha value is -3.35. The average Bonchev–Trinajstić information content (AvgIpc) is 3.16. The van der Waals surface area contributed by atoms with Gasteiger partial charge in [0.15, 0.2) is 6.61 Å². The maximum Gasteiger partial charge on any atom is 0.340 e. The first-order valence-corrected chi connectivity index (χ1v) is 10.4. The SMILES string of the molecule is Cc1ccc(-n2nc(C)c(NC(=O)COC(=O)c3cc(C)n(C(C)C)c3C)c2C)cc1. The monoisotopic (exact) mass is 422 g/mol. The highest BCUT2D eigenvalue weighted by molar-refractivity contribution is 5.96. The number of benzene rings is 1. The van der Waals surface area contributed by atoms with Crippen LogP contribution in [0, 0.1) is 34.6 Å². The summed E-state index contributed by atoms with van der Waals surface area (Å²) in [6, 6.07) is 10.0. The van der Waals surface area contributed by atoms with Gasteiger partial charge < -0.3 is 14.6 Å². The van der Waals surface area contributed by atoms with Crippen molar-refractivity contribution in [1.29, 1.82) is 0 Å². The molecule has 0 fully saturated rings. The van der Waals surface area contributed by atoms with E-state index in [9.17, 15) is 9.59 Å². The molecule has 0 aliphatic heterocycles. The van der Waals surface area contributed by atoms with Crippen molar-refractivity contribution < 1.29 is 14.3 Å². The van der Waals surface area contributed by atoms with Crippen molar-refractivity contribution in [1.82, 2.24) is 14.3 Å². The predicted molar refractivity (Wildman–Crippen MR) is 121 cm³/mol.